The molecule has 6 heteroatoms. The molecule has 0 bridgehead atoms. The molecule has 1 fully saturated rings. The van der Waals surface area contributed by atoms with Crippen LogP contribution in [0.2, 0.25) is 0 Å². The SMILES string of the molecule is CCCOc1cccc(C(=O)Nc2ccc(N3CCN(C(=O)C(C)(C)C)CC3)cc2)c1. The van der Waals surface area contributed by atoms with Crippen LogP contribution in [-0.2, 0) is 4.79 Å². The first-order valence-corrected chi connectivity index (χ1v) is 11.0. The number of carbonyl (C=O) groups is 2. The molecular weight excluding hydrogens is 390 g/mol. The highest BCUT2D eigenvalue weighted by molar-refractivity contribution is 6.04. The van der Waals surface area contributed by atoms with Crippen LogP contribution in [0.3, 0.4) is 0 Å². The van der Waals surface area contributed by atoms with Crippen molar-refractivity contribution in [1.29, 1.82) is 0 Å². The van der Waals surface area contributed by atoms with Gasteiger partial charge in [-0.2, -0.15) is 0 Å². The van der Waals surface area contributed by atoms with Crippen molar-refractivity contribution < 1.29 is 14.3 Å². The van der Waals surface area contributed by atoms with E-state index in [0.717, 1.165) is 44.0 Å². The van der Waals surface area contributed by atoms with Crippen molar-refractivity contribution in [2.75, 3.05) is 43.0 Å². The number of rotatable bonds is 6. The summed E-state index contributed by atoms with van der Waals surface area (Å²) in [5, 5.41) is 2.94. The Morgan fingerprint density at radius 3 is 2.29 bits per heavy atom. The Morgan fingerprint density at radius 1 is 1.00 bits per heavy atom. The van der Waals surface area contributed by atoms with Gasteiger partial charge in [-0.1, -0.05) is 33.8 Å². The largest absolute Gasteiger partial charge is 0.494 e. The lowest BCUT2D eigenvalue weighted by Gasteiger charge is -2.38. The average molecular weight is 424 g/mol. The van der Waals surface area contributed by atoms with Gasteiger partial charge in [-0.05, 0) is 48.9 Å². The van der Waals surface area contributed by atoms with Gasteiger partial charge in [0.05, 0.1) is 6.61 Å². The molecule has 0 atom stereocenters. The Hall–Kier alpha value is -3.02. The fourth-order valence-corrected chi connectivity index (χ4v) is 3.55. The van der Waals surface area contributed by atoms with Crippen LogP contribution in [0.4, 0.5) is 11.4 Å². The van der Waals surface area contributed by atoms with E-state index >= 15 is 0 Å². The van der Waals surface area contributed by atoms with E-state index in [4.69, 9.17) is 4.74 Å². The van der Waals surface area contributed by atoms with Gasteiger partial charge < -0.3 is 19.9 Å². The number of carbonyl (C=O) groups excluding carboxylic acids is 2. The van der Waals surface area contributed by atoms with Crippen LogP contribution in [0.1, 0.15) is 44.5 Å². The first kappa shape index (κ1) is 22.7. The molecule has 1 saturated heterocycles. The van der Waals surface area contributed by atoms with Gasteiger partial charge in [-0.15, -0.1) is 0 Å². The van der Waals surface area contributed by atoms with Crippen LogP contribution in [-0.4, -0.2) is 49.5 Å². The van der Waals surface area contributed by atoms with Gasteiger partial charge in [-0.3, -0.25) is 9.59 Å². The first-order chi connectivity index (χ1) is 14.8. The fourth-order valence-electron chi connectivity index (χ4n) is 3.55. The van der Waals surface area contributed by atoms with Crippen molar-refractivity contribution in [2.45, 2.75) is 34.1 Å². The van der Waals surface area contributed by atoms with Gasteiger partial charge in [0.15, 0.2) is 0 Å². The molecule has 6 nitrogen and oxygen atoms in total. The maximum atomic E-state index is 12.6. The monoisotopic (exact) mass is 423 g/mol. The molecule has 0 unspecified atom stereocenters. The lowest BCUT2D eigenvalue weighted by molar-refractivity contribution is -0.139. The minimum absolute atomic E-state index is 0.163. The second-order valence-electron chi connectivity index (χ2n) is 8.91. The summed E-state index contributed by atoms with van der Waals surface area (Å²) in [4.78, 5) is 29.3. The molecule has 1 heterocycles. The number of nitrogens with one attached hydrogen (secondary N) is 1. The fraction of sp³-hybridized carbons (Fsp3) is 0.440. The van der Waals surface area contributed by atoms with Crippen LogP contribution in [0.15, 0.2) is 48.5 Å². The van der Waals surface area contributed by atoms with Crippen molar-refractivity contribution in [1.82, 2.24) is 4.90 Å². The summed E-state index contributed by atoms with van der Waals surface area (Å²) < 4.78 is 5.61. The number of amides is 2. The quantitative estimate of drug-likeness (QED) is 0.747. The average Bonchev–Trinajstić information content (AvgIpc) is 2.77. The molecule has 2 amide bonds. The van der Waals surface area contributed by atoms with E-state index in [9.17, 15) is 9.59 Å². The highest BCUT2D eigenvalue weighted by atomic mass is 16.5. The van der Waals surface area contributed by atoms with E-state index in [-0.39, 0.29) is 17.2 Å². The predicted octanol–water partition coefficient (Wildman–Crippen LogP) is 4.42. The maximum Gasteiger partial charge on any atom is 0.255 e. The van der Waals surface area contributed by atoms with Gasteiger partial charge >= 0.3 is 0 Å². The van der Waals surface area contributed by atoms with Crippen molar-refractivity contribution in [3.8, 4) is 5.75 Å². The highest BCUT2D eigenvalue weighted by Crippen LogP contribution is 2.23. The molecule has 1 N–H and O–H groups in total. The molecule has 1 aliphatic heterocycles. The van der Waals surface area contributed by atoms with E-state index < -0.39 is 0 Å². The van der Waals surface area contributed by atoms with Crippen molar-refractivity contribution >= 4 is 23.2 Å². The number of piperazine rings is 1. The van der Waals surface area contributed by atoms with E-state index in [2.05, 4.69) is 10.2 Å². The zero-order chi connectivity index (χ0) is 22.4. The van der Waals surface area contributed by atoms with Gasteiger partial charge in [0.1, 0.15) is 5.75 Å². The third kappa shape index (κ3) is 6.00. The summed E-state index contributed by atoms with van der Waals surface area (Å²) in [5.41, 5.74) is 2.06. The molecule has 0 spiro atoms. The second kappa shape index (κ2) is 9.86. The number of anilines is 2. The molecule has 0 aliphatic carbocycles. The summed E-state index contributed by atoms with van der Waals surface area (Å²) in [7, 11) is 0. The molecule has 0 radical (unpaired) electrons. The summed E-state index contributed by atoms with van der Waals surface area (Å²) in [5.74, 6) is 0.743. The zero-order valence-corrected chi connectivity index (χ0v) is 19.0. The number of hydrogen-bond acceptors (Lipinski definition) is 4. The molecule has 31 heavy (non-hydrogen) atoms. The Bertz CT molecular complexity index is 895. The molecule has 3 rings (SSSR count). The van der Waals surface area contributed by atoms with Crippen LogP contribution in [0, 0.1) is 5.41 Å². The lowest BCUT2D eigenvalue weighted by atomic mass is 9.94. The molecule has 2 aromatic rings. The summed E-state index contributed by atoms with van der Waals surface area (Å²) in [6, 6.07) is 15.1. The Labute approximate surface area is 185 Å². The van der Waals surface area contributed by atoms with Crippen molar-refractivity contribution in [3.05, 3.63) is 54.1 Å². The van der Waals surface area contributed by atoms with Crippen molar-refractivity contribution in [2.24, 2.45) is 5.41 Å². The third-order valence-electron chi connectivity index (χ3n) is 5.27. The number of benzene rings is 2. The van der Waals surface area contributed by atoms with Crippen LogP contribution < -0.4 is 15.0 Å². The molecule has 0 saturated carbocycles. The van der Waals surface area contributed by atoms with Gasteiger partial charge in [0, 0.05) is 48.5 Å². The van der Waals surface area contributed by atoms with E-state index in [1.165, 1.54) is 0 Å². The lowest BCUT2D eigenvalue weighted by Crippen LogP contribution is -2.51. The Balaban J connectivity index is 1.56. The van der Waals surface area contributed by atoms with Crippen LogP contribution in [0.25, 0.3) is 0 Å². The summed E-state index contributed by atoms with van der Waals surface area (Å²) in [6.45, 7) is 11.6. The van der Waals surface area contributed by atoms with Gasteiger partial charge in [0.2, 0.25) is 5.91 Å². The molecule has 1 aliphatic rings. The van der Waals surface area contributed by atoms with Gasteiger partial charge in [0.25, 0.3) is 5.91 Å². The number of hydrogen-bond donors (Lipinski definition) is 1. The van der Waals surface area contributed by atoms with Crippen LogP contribution >= 0.6 is 0 Å². The first-order valence-electron chi connectivity index (χ1n) is 11.0. The van der Waals surface area contributed by atoms with E-state index in [1.807, 2.05) is 69.0 Å². The minimum Gasteiger partial charge on any atom is -0.494 e. The van der Waals surface area contributed by atoms with E-state index in [1.54, 1.807) is 12.1 Å². The van der Waals surface area contributed by atoms with Crippen LogP contribution in [0.5, 0.6) is 5.75 Å². The molecule has 0 aromatic heterocycles. The number of ether oxygens (including phenoxy) is 1. The standard InChI is InChI=1S/C25H33N3O3/c1-5-17-31-22-8-6-7-19(18-22)23(29)26-20-9-11-21(12-10-20)27-13-15-28(16-14-27)24(30)25(2,3)4/h6-12,18H,5,13-17H2,1-4H3,(H,26,29). The highest BCUT2D eigenvalue weighted by Gasteiger charge is 2.29. The van der Waals surface area contributed by atoms with Gasteiger partial charge in [-0.25, -0.2) is 0 Å². The molecule has 166 valence electrons. The second-order valence-corrected chi connectivity index (χ2v) is 8.91. The zero-order valence-electron chi connectivity index (χ0n) is 19.0. The van der Waals surface area contributed by atoms with Crippen molar-refractivity contribution in [3.63, 3.8) is 0 Å². The minimum atomic E-state index is -0.344. The Kier molecular flexibility index (Phi) is 7.21. The van der Waals surface area contributed by atoms with E-state index in [0.29, 0.717) is 17.9 Å². The summed E-state index contributed by atoms with van der Waals surface area (Å²) >= 11 is 0. The summed E-state index contributed by atoms with van der Waals surface area (Å²) in [6.07, 6.45) is 0.921. The smallest absolute Gasteiger partial charge is 0.255 e. The normalized spacial score (nSPS) is 14.3. The molecular formula is C25H33N3O3. The third-order valence-corrected chi connectivity index (χ3v) is 5.27. The molecule has 2 aromatic carbocycles. The maximum absolute atomic E-state index is 12.6. The topological polar surface area (TPSA) is 61.9 Å². The Morgan fingerprint density at radius 2 is 1.68 bits per heavy atom. The predicted molar refractivity (Wildman–Crippen MR) is 125 cm³/mol. The number of nitrogens with zero attached hydrogens (tertiary/aromatic N) is 2.